The van der Waals surface area contributed by atoms with E-state index in [1.165, 1.54) is 31.5 Å². The average molecular weight is 548 g/mol. The molecule has 0 saturated heterocycles. The van der Waals surface area contributed by atoms with Crippen LogP contribution in [0.1, 0.15) is 16.7 Å². The van der Waals surface area contributed by atoms with Crippen LogP contribution in [0.2, 0.25) is 0 Å². The van der Waals surface area contributed by atoms with Crippen molar-refractivity contribution in [1.82, 2.24) is 9.66 Å². The van der Waals surface area contributed by atoms with E-state index in [1.807, 2.05) is 0 Å². The Balaban J connectivity index is 1.62. The summed E-state index contributed by atoms with van der Waals surface area (Å²) in [6.07, 6.45) is -3.28. The molecule has 0 aliphatic carbocycles. The van der Waals surface area contributed by atoms with Gasteiger partial charge in [-0.3, -0.25) is 4.79 Å². The number of hydrogen-bond donors (Lipinski definition) is 0. The molecule has 0 aliphatic rings. The third-order valence-electron chi connectivity index (χ3n) is 6.07. The normalized spacial score (nSPS) is 11.7. The predicted molar refractivity (Wildman–Crippen MR) is 143 cm³/mol. The lowest BCUT2D eigenvalue weighted by molar-refractivity contribution is -0.137. The maximum Gasteiger partial charge on any atom is 0.416 e. The maximum absolute atomic E-state index is 14.2. The van der Waals surface area contributed by atoms with Gasteiger partial charge < -0.3 is 9.47 Å². The smallest absolute Gasteiger partial charge is 0.416 e. The zero-order chi connectivity index (χ0) is 28.3. The summed E-state index contributed by atoms with van der Waals surface area (Å²) >= 11 is 0. The van der Waals surface area contributed by atoms with Gasteiger partial charge in [-0.1, -0.05) is 48.5 Å². The Labute approximate surface area is 225 Å². The van der Waals surface area contributed by atoms with Gasteiger partial charge in [-0.15, -0.1) is 0 Å². The highest BCUT2D eigenvalue weighted by Gasteiger charge is 2.31. The van der Waals surface area contributed by atoms with Crippen LogP contribution >= 0.6 is 0 Å². The van der Waals surface area contributed by atoms with Crippen molar-refractivity contribution >= 4 is 17.1 Å². The molecular formula is C30H21F4N3O3. The van der Waals surface area contributed by atoms with Gasteiger partial charge in [0.25, 0.3) is 5.56 Å². The van der Waals surface area contributed by atoms with Crippen molar-refractivity contribution in [2.24, 2.45) is 5.10 Å². The molecule has 0 radical (unpaired) electrons. The Morgan fingerprint density at radius 3 is 2.48 bits per heavy atom. The number of rotatable bonds is 7. The second-order valence-corrected chi connectivity index (χ2v) is 8.65. The molecule has 6 nitrogen and oxygen atoms in total. The molecule has 0 atom stereocenters. The molecule has 0 bridgehead atoms. The third-order valence-corrected chi connectivity index (χ3v) is 6.07. The quantitative estimate of drug-likeness (QED) is 0.168. The van der Waals surface area contributed by atoms with Crippen LogP contribution in [0.15, 0.2) is 101 Å². The molecule has 40 heavy (non-hydrogen) atoms. The summed E-state index contributed by atoms with van der Waals surface area (Å²) in [5.41, 5.74) is -0.410. The fraction of sp³-hybridized carbons (Fsp3) is 0.100. The number of ether oxygens (including phenoxy) is 2. The summed E-state index contributed by atoms with van der Waals surface area (Å²) in [7, 11) is 1.44. The van der Waals surface area contributed by atoms with Crippen LogP contribution in [0.5, 0.6) is 11.5 Å². The summed E-state index contributed by atoms with van der Waals surface area (Å²) in [5, 5.41) is 4.56. The number of methoxy groups -OCH3 is 1. The SMILES string of the molecule is COc1cccc(C=Nn2c(-c3cccc(C(F)(F)F)c3)nc3ccccc3c2=O)c1OCc1ccccc1F. The van der Waals surface area contributed by atoms with Gasteiger partial charge in [-0.05, 0) is 42.5 Å². The van der Waals surface area contributed by atoms with E-state index in [2.05, 4.69) is 10.1 Å². The second-order valence-electron chi connectivity index (χ2n) is 8.65. The molecule has 0 aliphatic heterocycles. The minimum absolute atomic E-state index is 0.0523. The fourth-order valence-electron chi connectivity index (χ4n) is 4.09. The number of nitrogens with zero attached hydrogens (tertiary/aromatic N) is 3. The standard InChI is InChI=1S/C30H21F4N3O3/c1-39-26-15-7-10-20(27(26)40-18-21-8-2-4-13-24(21)31)17-35-37-28(19-9-6-11-22(16-19)30(32,33)34)36-25-14-5-3-12-23(25)29(37)38/h2-17H,18H2,1H3. The Hall–Kier alpha value is -4.99. The molecule has 0 fully saturated rings. The zero-order valence-electron chi connectivity index (χ0n) is 21.0. The van der Waals surface area contributed by atoms with E-state index in [0.29, 0.717) is 22.4 Å². The van der Waals surface area contributed by atoms with Crippen molar-refractivity contribution in [2.45, 2.75) is 12.8 Å². The van der Waals surface area contributed by atoms with Gasteiger partial charge in [0.2, 0.25) is 0 Å². The minimum Gasteiger partial charge on any atom is -0.493 e. The second kappa shape index (κ2) is 11.0. The number of fused-ring (bicyclic) bond motifs is 1. The number of halogens is 4. The van der Waals surface area contributed by atoms with Crippen LogP contribution in [0, 0.1) is 5.82 Å². The number of alkyl halides is 3. The van der Waals surface area contributed by atoms with Gasteiger partial charge in [0, 0.05) is 16.7 Å². The van der Waals surface area contributed by atoms with Gasteiger partial charge >= 0.3 is 6.18 Å². The molecule has 10 heteroatoms. The van der Waals surface area contributed by atoms with Crippen LogP contribution < -0.4 is 15.0 Å². The first kappa shape index (κ1) is 26.6. The highest BCUT2D eigenvalue weighted by atomic mass is 19.4. The van der Waals surface area contributed by atoms with Crippen LogP contribution in [0.4, 0.5) is 17.6 Å². The van der Waals surface area contributed by atoms with E-state index < -0.39 is 23.1 Å². The summed E-state index contributed by atoms with van der Waals surface area (Å²) in [5.74, 6) is 0.0525. The zero-order valence-corrected chi connectivity index (χ0v) is 21.0. The lowest BCUT2D eigenvalue weighted by Gasteiger charge is -2.14. The summed E-state index contributed by atoms with van der Waals surface area (Å²) < 4.78 is 66.8. The lowest BCUT2D eigenvalue weighted by Crippen LogP contribution is -2.20. The number of benzene rings is 4. The molecule has 202 valence electrons. The van der Waals surface area contributed by atoms with E-state index in [4.69, 9.17) is 9.47 Å². The number of aromatic nitrogens is 2. The minimum atomic E-state index is -4.59. The molecule has 0 amide bonds. The van der Waals surface area contributed by atoms with E-state index >= 15 is 0 Å². The maximum atomic E-state index is 14.2. The Kier molecular flexibility index (Phi) is 7.33. The van der Waals surface area contributed by atoms with Gasteiger partial charge in [-0.25, -0.2) is 9.37 Å². The predicted octanol–water partition coefficient (Wildman–Crippen LogP) is 6.69. The third kappa shape index (κ3) is 5.42. The summed E-state index contributed by atoms with van der Waals surface area (Å²) in [4.78, 5) is 17.9. The van der Waals surface area contributed by atoms with Crippen molar-refractivity contribution < 1.29 is 27.0 Å². The molecule has 0 spiro atoms. The monoisotopic (exact) mass is 547 g/mol. The van der Waals surface area contributed by atoms with E-state index in [0.717, 1.165) is 16.8 Å². The topological polar surface area (TPSA) is 65.7 Å². The van der Waals surface area contributed by atoms with Crippen LogP contribution in [-0.2, 0) is 12.8 Å². The van der Waals surface area contributed by atoms with Gasteiger partial charge in [0.1, 0.15) is 12.4 Å². The van der Waals surface area contributed by atoms with Crippen molar-refractivity contribution in [1.29, 1.82) is 0 Å². The average Bonchev–Trinajstić information content (AvgIpc) is 2.96. The largest absolute Gasteiger partial charge is 0.493 e. The Bertz CT molecular complexity index is 1780. The molecular weight excluding hydrogens is 526 g/mol. The fourth-order valence-corrected chi connectivity index (χ4v) is 4.09. The van der Waals surface area contributed by atoms with Crippen LogP contribution in [-0.4, -0.2) is 23.0 Å². The number of para-hydroxylation sites is 2. The lowest BCUT2D eigenvalue weighted by atomic mass is 10.1. The first-order valence-electron chi connectivity index (χ1n) is 12.0. The van der Waals surface area contributed by atoms with E-state index in [9.17, 15) is 22.4 Å². The van der Waals surface area contributed by atoms with Crippen molar-refractivity contribution in [2.75, 3.05) is 7.11 Å². The van der Waals surface area contributed by atoms with Gasteiger partial charge in [0.15, 0.2) is 17.3 Å². The first-order chi connectivity index (χ1) is 19.3. The molecule has 1 heterocycles. The highest BCUT2D eigenvalue weighted by Crippen LogP contribution is 2.33. The van der Waals surface area contributed by atoms with Crippen LogP contribution in [0.3, 0.4) is 0 Å². The molecule has 0 unspecified atom stereocenters. The molecule has 4 aromatic carbocycles. The molecule has 5 aromatic rings. The Morgan fingerprint density at radius 1 is 0.950 bits per heavy atom. The van der Waals surface area contributed by atoms with Crippen LogP contribution in [0.25, 0.3) is 22.3 Å². The summed E-state index contributed by atoms with van der Waals surface area (Å²) in [6, 6.07) is 22.1. The van der Waals surface area contributed by atoms with Crippen molar-refractivity contribution in [3.05, 3.63) is 124 Å². The molecule has 0 N–H and O–H groups in total. The van der Waals surface area contributed by atoms with Crippen molar-refractivity contribution in [3.63, 3.8) is 0 Å². The van der Waals surface area contributed by atoms with Gasteiger partial charge in [-0.2, -0.15) is 22.9 Å². The molecule has 0 saturated carbocycles. The first-order valence-corrected chi connectivity index (χ1v) is 12.0. The Morgan fingerprint density at radius 2 is 1.70 bits per heavy atom. The highest BCUT2D eigenvalue weighted by molar-refractivity contribution is 5.86. The summed E-state index contributed by atoms with van der Waals surface area (Å²) in [6.45, 7) is -0.110. The molecule has 1 aromatic heterocycles. The molecule has 5 rings (SSSR count). The van der Waals surface area contributed by atoms with Crippen molar-refractivity contribution in [3.8, 4) is 22.9 Å². The van der Waals surface area contributed by atoms with E-state index in [1.54, 1.807) is 60.7 Å². The van der Waals surface area contributed by atoms with E-state index in [-0.39, 0.29) is 29.1 Å². The van der Waals surface area contributed by atoms with Gasteiger partial charge in [0.05, 0.1) is 29.8 Å². The number of hydrogen-bond acceptors (Lipinski definition) is 5.